The molecule has 0 N–H and O–H groups in total. The molecule has 0 radical (unpaired) electrons. The Balaban J connectivity index is 2.00. The van der Waals surface area contributed by atoms with E-state index in [9.17, 15) is 18.0 Å². The molecule has 1 atom stereocenters. The van der Waals surface area contributed by atoms with Gasteiger partial charge in [0.1, 0.15) is 6.07 Å². The summed E-state index contributed by atoms with van der Waals surface area (Å²) >= 11 is 0. The topological polar surface area (TPSA) is 50.1 Å². The van der Waals surface area contributed by atoms with Crippen LogP contribution in [-0.4, -0.2) is 17.7 Å². The first-order valence-electron chi connectivity index (χ1n) is 8.91. The maximum atomic E-state index is 13.1. The van der Waals surface area contributed by atoms with Gasteiger partial charge >= 0.3 is 12.1 Å². The van der Waals surface area contributed by atoms with Gasteiger partial charge in [0, 0.05) is 6.07 Å². The lowest BCUT2D eigenvalue weighted by Crippen LogP contribution is -2.45. The Labute approximate surface area is 175 Å². The maximum Gasteiger partial charge on any atom is 0.442 e. The van der Waals surface area contributed by atoms with Crippen molar-refractivity contribution >= 4 is 16.9 Å². The summed E-state index contributed by atoms with van der Waals surface area (Å²) in [5.74, 6) is -1.21. The fraction of sp³-hybridized carbons (Fsp3) is 0.130. The molecule has 0 heterocycles. The lowest BCUT2D eigenvalue weighted by molar-refractivity contribution is -0.229. The summed E-state index contributed by atoms with van der Waals surface area (Å²) in [4.78, 5) is 15.2. The van der Waals surface area contributed by atoms with Gasteiger partial charge in [-0.05, 0) is 43.3 Å². The van der Waals surface area contributed by atoms with Crippen LogP contribution in [0.1, 0.15) is 17.3 Å². The van der Waals surface area contributed by atoms with E-state index in [1.165, 1.54) is 12.1 Å². The molecule has 3 aromatic rings. The first-order chi connectivity index (χ1) is 14.2. The minimum Gasteiger partial charge on any atom is -0.430 e. The fourth-order valence-corrected chi connectivity index (χ4v) is 4.79. The summed E-state index contributed by atoms with van der Waals surface area (Å²) < 4.78 is 44.0. The normalized spacial score (nSPS) is 13.3. The van der Waals surface area contributed by atoms with Crippen molar-refractivity contribution in [3.8, 4) is 6.07 Å². The highest BCUT2D eigenvalue weighted by atomic mass is 32.2. The van der Waals surface area contributed by atoms with E-state index in [1.54, 1.807) is 6.07 Å². The summed E-state index contributed by atoms with van der Waals surface area (Å²) in [6, 6.07) is 26.5. The molecule has 30 heavy (non-hydrogen) atoms. The third-order valence-electron chi connectivity index (χ3n) is 4.31. The highest BCUT2D eigenvalue weighted by Crippen LogP contribution is 2.35. The van der Waals surface area contributed by atoms with Gasteiger partial charge in [0.05, 0.1) is 16.5 Å². The number of rotatable bonds is 5. The predicted molar refractivity (Wildman–Crippen MR) is 107 cm³/mol. The highest BCUT2D eigenvalue weighted by Gasteiger charge is 2.55. The van der Waals surface area contributed by atoms with Crippen molar-refractivity contribution in [2.45, 2.75) is 33.4 Å². The number of esters is 1. The smallest absolute Gasteiger partial charge is 0.430 e. The van der Waals surface area contributed by atoms with E-state index in [1.807, 2.05) is 66.7 Å². The predicted octanol–water partition coefficient (Wildman–Crippen LogP) is 5.78. The van der Waals surface area contributed by atoms with Crippen LogP contribution < -0.4 is 0 Å². The van der Waals surface area contributed by atoms with Gasteiger partial charge in [-0.3, -0.25) is 0 Å². The average Bonchev–Trinajstić information content (AvgIpc) is 2.75. The molecule has 3 nitrogen and oxygen atoms in total. The molecule has 0 aliphatic rings. The van der Waals surface area contributed by atoms with Crippen molar-refractivity contribution in [2.24, 2.45) is 0 Å². The van der Waals surface area contributed by atoms with E-state index in [2.05, 4.69) is 4.74 Å². The molecule has 0 aliphatic carbocycles. The second-order valence-electron chi connectivity index (χ2n) is 6.49. The average molecular weight is 428 g/mol. The van der Waals surface area contributed by atoms with Crippen molar-refractivity contribution in [1.29, 1.82) is 5.26 Å². The van der Waals surface area contributed by atoms with Crippen molar-refractivity contribution in [1.82, 2.24) is 0 Å². The molecule has 0 spiro atoms. The summed E-state index contributed by atoms with van der Waals surface area (Å²) in [6.45, 7) is 0.535. The van der Waals surface area contributed by atoms with Gasteiger partial charge in [0.15, 0.2) is 14.7 Å². The molecule has 3 rings (SSSR count). The molecule has 7 heteroatoms. The van der Waals surface area contributed by atoms with Gasteiger partial charge in [-0.1, -0.05) is 42.5 Å². The first-order valence-corrected chi connectivity index (χ1v) is 10.1. The zero-order chi connectivity index (χ0) is 21.8. The Morgan fingerprint density at radius 1 is 0.867 bits per heavy atom. The number of benzene rings is 3. The third kappa shape index (κ3) is 4.50. The molecule has 0 saturated heterocycles. The number of halogens is 3. The van der Waals surface area contributed by atoms with Gasteiger partial charge < -0.3 is 4.74 Å². The second-order valence-corrected chi connectivity index (χ2v) is 8.52. The largest absolute Gasteiger partial charge is 0.442 e. The molecule has 3 aromatic carbocycles. The van der Waals surface area contributed by atoms with Crippen LogP contribution in [0, 0.1) is 11.3 Å². The Morgan fingerprint density at radius 3 is 1.83 bits per heavy atom. The summed E-state index contributed by atoms with van der Waals surface area (Å²) in [5, 5.41) is 8.91. The lowest BCUT2D eigenvalue weighted by Gasteiger charge is -2.24. The van der Waals surface area contributed by atoms with Gasteiger partial charge in [0.25, 0.3) is 5.60 Å². The van der Waals surface area contributed by atoms with Gasteiger partial charge in [-0.2, -0.15) is 18.4 Å². The monoisotopic (exact) mass is 428 g/mol. The van der Waals surface area contributed by atoms with Crippen molar-refractivity contribution in [3.63, 3.8) is 0 Å². The van der Waals surface area contributed by atoms with Gasteiger partial charge in [0.2, 0.25) is 0 Å². The zero-order valence-electron chi connectivity index (χ0n) is 15.9. The molecular formula is C23H17F3NO2S+. The Morgan fingerprint density at radius 2 is 1.37 bits per heavy atom. The molecule has 0 bridgehead atoms. The van der Waals surface area contributed by atoms with E-state index >= 15 is 0 Å². The number of hydrogen-bond acceptors (Lipinski definition) is 3. The van der Waals surface area contributed by atoms with Crippen molar-refractivity contribution in [2.75, 3.05) is 0 Å². The number of nitrogens with zero attached hydrogens (tertiary/aromatic N) is 1. The molecule has 0 fully saturated rings. The van der Waals surface area contributed by atoms with Gasteiger partial charge in [-0.15, -0.1) is 0 Å². The highest BCUT2D eigenvalue weighted by molar-refractivity contribution is 7.97. The van der Waals surface area contributed by atoms with Crippen molar-refractivity contribution in [3.05, 3.63) is 90.5 Å². The van der Waals surface area contributed by atoms with E-state index in [-0.39, 0.29) is 5.56 Å². The standard InChI is InChI=1S/C23H17F3NO2S/c1-22(16-27,23(24,25)26)29-21(28)17-9-8-14-20(15-17)30(18-10-4-2-5-11-18)19-12-6-3-7-13-19/h2-15H,1H3/q+1. The molecule has 0 amide bonds. The van der Waals surface area contributed by atoms with E-state index < -0.39 is 28.6 Å². The molecule has 0 saturated carbocycles. The van der Waals surface area contributed by atoms with E-state index in [0.717, 1.165) is 20.8 Å². The van der Waals surface area contributed by atoms with E-state index in [0.29, 0.717) is 6.92 Å². The van der Waals surface area contributed by atoms with Crippen LogP contribution in [0.2, 0.25) is 0 Å². The van der Waals surface area contributed by atoms with Crippen LogP contribution in [0.25, 0.3) is 0 Å². The number of carbonyl (C=O) groups is 1. The van der Waals surface area contributed by atoms with Crippen LogP contribution in [0.15, 0.2) is 99.6 Å². The number of alkyl halides is 3. The number of nitriles is 1. The molecule has 152 valence electrons. The van der Waals surface area contributed by atoms with E-state index in [4.69, 9.17) is 5.26 Å². The van der Waals surface area contributed by atoms with Crippen LogP contribution in [0.5, 0.6) is 0 Å². The summed E-state index contributed by atoms with van der Waals surface area (Å²) in [5.41, 5.74) is -3.27. The van der Waals surface area contributed by atoms with Crippen LogP contribution in [-0.2, 0) is 15.6 Å². The number of hydrogen-bond donors (Lipinski definition) is 0. The quantitative estimate of drug-likeness (QED) is 0.382. The van der Waals surface area contributed by atoms with Crippen molar-refractivity contribution < 1.29 is 22.7 Å². The Bertz CT molecular complexity index is 1030. The summed E-state index contributed by atoms with van der Waals surface area (Å²) in [7, 11) is -0.578. The molecule has 1 unspecified atom stereocenters. The molecule has 0 aliphatic heterocycles. The molecule has 0 aromatic heterocycles. The molecular weight excluding hydrogens is 411 g/mol. The maximum absolute atomic E-state index is 13.1. The number of ether oxygens (including phenoxy) is 1. The summed E-state index contributed by atoms with van der Waals surface area (Å²) in [6.07, 6.45) is -5.01. The first kappa shape index (κ1) is 21.5. The SMILES string of the molecule is CC(C#N)(OC(=O)c1cccc([S+](c2ccccc2)c2ccccc2)c1)C(F)(F)F. The van der Waals surface area contributed by atoms with Crippen LogP contribution in [0.3, 0.4) is 0 Å². The van der Waals surface area contributed by atoms with Crippen LogP contribution >= 0.6 is 0 Å². The van der Waals surface area contributed by atoms with Crippen LogP contribution in [0.4, 0.5) is 13.2 Å². The lowest BCUT2D eigenvalue weighted by atomic mass is 10.1. The van der Waals surface area contributed by atoms with Gasteiger partial charge in [-0.25, -0.2) is 4.79 Å². The second kappa shape index (κ2) is 8.64. The third-order valence-corrected chi connectivity index (χ3v) is 6.53. The zero-order valence-corrected chi connectivity index (χ0v) is 16.7. The fourth-order valence-electron chi connectivity index (χ4n) is 2.66. The Hall–Kier alpha value is -3.24. The Kier molecular flexibility index (Phi) is 6.18. The minimum atomic E-state index is -5.01. The minimum absolute atomic E-state index is 0.0532. The number of carbonyl (C=O) groups excluding carboxylic acids is 1.